The molecule has 0 saturated heterocycles. The first-order valence-electron chi connectivity index (χ1n) is 6.65. The van der Waals surface area contributed by atoms with Gasteiger partial charge in [-0.2, -0.15) is 8.42 Å². The second-order valence-corrected chi connectivity index (χ2v) is 6.49. The summed E-state index contributed by atoms with van der Waals surface area (Å²) in [5.41, 5.74) is 0.751. The second kappa shape index (κ2) is 6.18. The Morgan fingerprint density at radius 3 is 2.24 bits per heavy atom. The van der Waals surface area contributed by atoms with Crippen LogP contribution in [0.3, 0.4) is 0 Å². The minimum atomic E-state index is -3.84. The van der Waals surface area contributed by atoms with Crippen molar-refractivity contribution in [3.63, 3.8) is 0 Å². The summed E-state index contributed by atoms with van der Waals surface area (Å²) in [7, 11) is -3.84. The summed E-state index contributed by atoms with van der Waals surface area (Å²) in [5.74, 6) is 0.960. The first kappa shape index (κ1) is 15.4. The topological polar surface area (TPSA) is 52.6 Å². The molecule has 0 aliphatic carbocycles. The summed E-state index contributed by atoms with van der Waals surface area (Å²) < 4.78 is 35.1. The molecule has 4 nitrogen and oxygen atoms in total. The average Bonchev–Trinajstić information content (AvgIpc) is 2.41. The highest BCUT2D eigenvalue weighted by atomic mass is 32.2. The molecule has 0 aromatic heterocycles. The van der Waals surface area contributed by atoms with Crippen LogP contribution in [0, 0.1) is 6.92 Å². The third-order valence-electron chi connectivity index (χ3n) is 2.75. The van der Waals surface area contributed by atoms with Crippen molar-refractivity contribution in [1.29, 1.82) is 0 Å². The Hall–Kier alpha value is -2.01. The number of hydrogen-bond donors (Lipinski definition) is 0. The number of rotatable bonds is 5. The van der Waals surface area contributed by atoms with Crippen molar-refractivity contribution in [3.8, 4) is 11.5 Å². The SMILES string of the molecule is Cc1cc(S(=O)(=O)Oc2ccccc2)ccc1OC(C)C. The molecular weight excluding hydrogens is 288 g/mol. The largest absolute Gasteiger partial charge is 0.491 e. The van der Waals surface area contributed by atoms with Gasteiger partial charge < -0.3 is 8.92 Å². The van der Waals surface area contributed by atoms with E-state index in [4.69, 9.17) is 8.92 Å². The van der Waals surface area contributed by atoms with Crippen LogP contribution >= 0.6 is 0 Å². The fourth-order valence-electron chi connectivity index (χ4n) is 1.81. The van der Waals surface area contributed by atoms with E-state index in [1.165, 1.54) is 6.07 Å². The van der Waals surface area contributed by atoms with E-state index in [0.717, 1.165) is 5.56 Å². The van der Waals surface area contributed by atoms with Gasteiger partial charge in [0.25, 0.3) is 0 Å². The third-order valence-corrected chi connectivity index (χ3v) is 3.99. The lowest BCUT2D eigenvalue weighted by Gasteiger charge is -2.13. The molecule has 21 heavy (non-hydrogen) atoms. The average molecular weight is 306 g/mol. The summed E-state index contributed by atoms with van der Waals surface area (Å²) in [4.78, 5) is 0.111. The summed E-state index contributed by atoms with van der Waals surface area (Å²) in [5, 5.41) is 0. The molecule has 0 heterocycles. The third kappa shape index (κ3) is 3.98. The van der Waals surface area contributed by atoms with Gasteiger partial charge in [-0.1, -0.05) is 18.2 Å². The summed E-state index contributed by atoms with van der Waals surface area (Å²) in [6.07, 6.45) is 0.0340. The molecule has 0 bridgehead atoms. The maximum atomic E-state index is 12.2. The number of hydrogen-bond acceptors (Lipinski definition) is 4. The number of ether oxygens (including phenoxy) is 1. The highest BCUT2D eigenvalue weighted by Gasteiger charge is 2.18. The summed E-state index contributed by atoms with van der Waals surface area (Å²) in [6.45, 7) is 5.64. The van der Waals surface area contributed by atoms with Crippen LogP contribution in [0.4, 0.5) is 0 Å². The van der Waals surface area contributed by atoms with E-state index >= 15 is 0 Å². The van der Waals surface area contributed by atoms with Crippen LogP contribution < -0.4 is 8.92 Å². The molecule has 0 atom stereocenters. The number of benzene rings is 2. The van der Waals surface area contributed by atoms with Gasteiger partial charge >= 0.3 is 10.1 Å². The fourth-order valence-corrected chi connectivity index (χ4v) is 2.83. The quantitative estimate of drug-likeness (QED) is 0.793. The van der Waals surface area contributed by atoms with Gasteiger partial charge in [-0.25, -0.2) is 0 Å². The van der Waals surface area contributed by atoms with Gasteiger partial charge in [-0.15, -0.1) is 0 Å². The van der Waals surface area contributed by atoms with Crippen LogP contribution in [0.25, 0.3) is 0 Å². The summed E-state index contributed by atoms with van der Waals surface area (Å²) in [6, 6.07) is 13.1. The lowest BCUT2D eigenvalue weighted by atomic mass is 10.2. The molecule has 2 aromatic rings. The van der Waals surface area contributed by atoms with Crippen LogP contribution in [-0.4, -0.2) is 14.5 Å². The Morgan fingerprint density at radius 1 is 1.00 bits per heavy atom. The van der Waals surface area contributed by atoms with E-state index in [-0.39, 0.29) is 16.7 Å². The van der Waals surface area contributed by atoms with Crippen molar-refractivity contribution in [3.05, 3.63) is 54.1 Å². The molecule has 5 heteroatoms. The zero-order valence-electron chi connectivity index (χ0n) is 12.2. The zero-order chi connectivity index (χ0) is 15.5. The van der Waals surface area contributed by atoms with Gasteiger partial charge in [0.1, 0.15) is 16.4 Å². The van der Waals surface area contributed by atoms with Crippen LogP contribution in [-0.2, 0) is 10.1 Å². The molecule has 112 valence electrons. The van der Waals surface area contributed by atoms with Crippen LogP contribution in [0.1, 0.15) is 19.4 Å². The Morgan fingerprint density at radius 2 is 1.67 bits per heavy atom. The molecule has 0 fully saturated rings. The van der Waals surface area contributed by atoms with E-state index in [2.05, 4.69) is 0 Å². The van der Waals surface area contributed by atoms with Crippen molar-refractivity contribution < 1.29 is 17.3 Å². The van der Waals surface area contributed by atoms with Crippen molar-refractivity contribution in [1.82, 2.24) is 0 Å². The number of aryl methyl sites for hydroxylation is 1. The molecule has 0 unspecified atom stereocenters. The van der Waals surface area contributed by atoms with Crippen molar-refractivity contribution in [2.45, 2.75) is 31.8 Å². The Bertz CT molecular complexity index is 706. The Kier molecular flexibility index (Phi) is 4.53. The normalized spacial score (nSPS) is 11.4. The standard InChI is InChI=1S/C16H18O4S/c1-12(2)19-16-10-9-15(11-13(16)3)21(17,18)20-14-7-5-4-6-8-14/h4-12H,1-3H3. The molecule has 0 amide bonds. The zero-order valence-corrected chi connectivity index (χ0v) is 13.1. The molecule has 0 radical (unpaired) electrons. The highest BCUT2D eigenvalue weighted by Crippen LogP contribution is 2.25. The minimum Gasteiger partial charge on any atom is -0.491 e. The molecule has 2 rings (SSSR count). The Balaban J connectivity index is 2.27. The second-order valence-electron chi connectivity index (χ2n) is 4.94. The van der Waals surface area contributed by atoms with Gasteiger partial charge in [-0.05, 0) is 56.7 Å². The van der Waals surface area contributed by atoms with E-state index in [0.29, 0.717) is 5.75 Å². The van der Waals surface area contributed by atoms with E-state index in [1.54, 1.807) is 49.4 Å². The van der Waals surface area contributed by atoms with Crippen molar-refractivity contribution >= 4 is 10.1 Å². The number of para-hydroxylation sites is 1. The van der Waals surface area contributed by atoms with Gasteiger partial charge in [0.05, 0.1) is 6.10 Å². The van der Waals surface area contributed by atoms with Gasteiger partial charge in [0.2, 0.25) is 0 Å². The monoisotopic (exact) mass is 306 g/mol. The predicted molar refractivity (Wildman–Crippen MR) is 81.2 cm³/mol. The van der Waals surface area contributed by atoms with Crippen LogP contribution in [0.15, 0.2) is 53.4 Å². The molecular formula is C16H18O4S. The van der Waals surface area contributed by atoms with Crippen molar-refractivity contribution in [2.24, 2.45) is 0 Å². The smallest absolute Gasteiger partial charge is 0.339 e. The van der Waals surface area contributed by atoms with Crippen LogP contribution in [0.5, 0.6) is 11.5 Å². The van der Waals surface area contributed by atoms with Gasteiger partial charge in [0.15, 0.2) is 0 Å². The molecule has 2 aromatic carbocycles. The van der Waals surface area contributed by atoms with Crippen LogP contribution in [0.2, 0.25) is 0 Å². The van der Waals surface area contributed by atoms with Crippen molar-refractivity contribution in [2.75, 3.05) is 0 Å². The lowest BCUT2D eigenvalue weighted by molar-refractivity contribution is 0.240. The van der Waals surface area contributed by atoms with E-state index in [1.807, 2.05) is 13.8 Å². The summed E-state index contributed by atoms with van der Waals surface area (Å²) >= 11 is 0. The first-order valence-corrected chi connectivity index (χ1v) is 8.06. The molecule has 0 N–H and O–H groups in total. The molecule has 0 spiro atoms. The maximum absolute atomic E-state index is 12.2. The molecule has 0 saturated carbocycles. The van der Waals surface area contributed by atoms with E-state index in [9.17, 15) is 8.42 Å². The maximum Gasteiger partial charge on any atom is 0.339 e. The fraction of sp³-hybridized carbons (Fsp3) is 0.250. The first-order chi connectivity index (χ1) is 9.88. The minimum absolute atomic E-state index is 0.0340. The molecule has 0 aliphatic rings. The van der Waals surface area contributed by atoms with Gasteiger partial charge in [0, 0.05) is 0 Å². The molecule has 0 aliphatic heterocycles. The predicted octanol–water partition coefficient (Wildman–Crippen LogP) is 3.55. The van der Waals surface area contributed by atoms with Gasteiger partial charge in [-0.3, -0.25) is 0 Å². The lowest BCUT2D eigenvalue weighted by Crippen LogP contribution is -2.11. The highest BCUT2D eigenvalue weighted by molar-refractivity contribution is 7.87. The van der Waals surface area contributed by atoms with E-state index < -0.39 is 10.1 Å². The Labute approximate surface area is 125 Å².